The minimum absolute atomic E-state index is 0.273. The van der Waals surface area contributed by atoms with E-state index >= 15 is 0 Å². The number of nitrogens with one attached hydrogen (secondary N) is 1. The van der Waals surface area contributed by atoms with Crippen molar-refractivity contribution in [3.63, 3.8) is 0 Å². The van der Waals surface area contributed by atoms with E-state index in [9.17, 15) is 0 Å². The van der Waals surface area contributed by atoms with E-state index in [0.29, 0.717) is 0 Å². The second-order valence-electron chi connectivity index (χ2n) is 7.17. The molecular weight excluding hydrogens is 244 g/mol. The molecule has 1 fully saturated rings. The van der Waals surface area contributed by atoms with Crippen LogP contribution in [-0.2, 0) is 6.42 Å². The molecule has 0 atom stereocenters. The number of H-pyrrole nitrogens is 1. The maximum atomic E-state index is 3.39. The summed E-state index contributed by atoms with van der Waals surface area (Å²) in [6, 6.07) is 8.61. The Morgan fingerprint density at radius 2 is 1.95 bits per heavy atom. The molecule has 1 aromatic carbocycles. The van der Waals surface area contributed by atoms with Gasteiger partial charge >= 0.3 is 0 Å². The first kappa shape index (κ1) is 13.7. The van der Waals surface area contributed by atoms with E-state index in [0.717, 1.165) is 18.9 Å². The second-order valence-corrected chi connectivity index (χ2v) is 7.17. The molecular formula is C18H26N2. The van der Waals surface area contributed by atoms with Crippen LogP contribution in [0.1, 0.15) is 39.2 Å². The van der Waals surface area contributed by atoms with Gasteiger partial charge in [0.05, 0.1) is 0 Å². The van der Waals surface area contributed by atoms with Crippen molar-refractivity contribution < 1.29 is 0 Å². The third kappa shape index (κ3) is 3.06. The summed E-state index contributed by atoms with van der Waals surface area (Å²) >= 11 is 0. The number of aromatic nitrogens is 1. The summed E-state index contributed by atoms with van der Waals surface area (Å²) in [4.78, 5) is 6.04. The van der Waals surface area contributed by atoms with Crippen molar-refractivity contribution in [3.8, 4) is 0 Å². The molecule has 0 spiro atoms. The lowest BCUT2D eigenvalue weighted by molar-refractivity contribution is 0.132. The Hall–Kier alpha value is -1.28. The molecule has 0 amide bonds. The Balaban J connectivity index is 1.70. The number of fused-ring (bicyclic) bond motifs is 1. The minimum atomic E-state index is 0.273. The summed E-state index contributed by atoms with van der Waals surface area (Å²) in [5.74, 6) is 0.956. The molecule has 108 valence electrons. The van der Waals surface area contributed by atoms with Crippen LogP contribution >= 0.6 is 0 Å². The van der Waals surface area contributed by atoms with Crippen LogP contribution in [0.15, 0.2) is 30.5 Å². The van der Waals surface area contributed by atoms with E-state index in [-0.39, 0.29) is 5.54 Å². The van der Waals surface area contributed by atoms with Gasteiger partial charge < -0.3 is 4.98 Å². The van der Waals surface area contributed by atoms with Gasteiger partial charge in [-0.25, -0.2) is 0 Å². The van der Waals surface area contributed by atoms with Crippen molar-refractivity contribution in [2.45, 2.75) is 45.6 Å². The van der Waals surface area contributed by atoms with Crippen LogP contribution in [0.5, 0.6) is 0 Å². The molecule has 1 saturated carbocycles. The van der Waals surface area contributed by atoms with Gasteiger partial charge in [-0.3, -0.25) is 4.90 Å². The van der Waals surface area contributed by atoms with Gasteiger partial charge in [-0.05, 0) is 57.6 Å². The normalized spacial score (nSPS) is 16.2. The van der Waals surface area contributed by atoms with Gasteiger partial charge in [0, 0.05) is 35.7 Å². The number of rotatable bonds is 5. The van der Waals surface area contributed by atoms with Crippen LogP contribution in [0.4, 0.5) is 0 Å². The molecule has 1 aliphatic rings. The average Bonchev–Trinajstić information content (AvgIpc) is 3.13. The zero-order valence-electron chi connectivity index (χ0n) is 12.9. The molecule has 2 nitrogen and oxygen atoms in total. The number of benzene rings is 1. The van der Waals surface area contributed by atoms with Gasteiger partial charge in [0.25, 0.3) is 0 Å². The molecule has 3 rings (SSSR count). The predicted molar refractivity (Wildman–Crippen MR) is 86.1 cm³/mol. The summed E-state index contributed by atoms with van der Waals surface area (Å²) in [6.07, 6.45) is 6.18. The molecule has 2 aromatic rings. The Bertz CT molecular complexity index is 572. The molecule has 20 heavy (non-hydrogen) atoms. The number of aromatic amines is 1. The molecule has 2 heteroatoms. The number of nitrogens with zero attached hydrogens (tertiary/aromatic N) is 1. The Morgan fingerprint density at radius 3 is 2.65 bits per heavy atom. The quantitative estimate of drug-likeness (QED) is 0.862. The molecule has 1 N–H and O–H groups in total. The molecule has 0 bridgehead atoms. The van der Waals surface area contributed by atoms with Crippen LogP contribution in [0.2, 0.25) is 0 Å². The first-order valence-electron chi connectivity index (χ1n) is 7.84. The molecule has 1 aliphatic carbocycles. The van der Waals surface area contributed by atoms with Crippen LogP contribution < -0.4 is 0 Å². The van der Waals surface area contributed by atoms with Crippen LogP contribution in [0.25, 0.3) is 10.9 Å². The number of hydrogen-bond acceptors (Lipinski definition) is 1. The first-order chi connectivity index (χ1) is 9.54. The van der Waals surface area contributed by atoms with Crippen LogP contribution in [-0.4, -0.2) is 28.5 Å². The largest absolute Gasteiger partial charge is 0.361 e. The summed E-state index contributed by atoms with van der Waals surface area (Å²) in [5.41, 5.74) is 2.98. The lowest BCUT2D eigenvalue weighted by atomic mass is 10.0. The molecule has 1 heterocycles. The lowest BCUT2D eigenvalue weighted by Crippen LogP contribution is -2.43. The van der Waals surface area contributed by atoms with E-state index in [4.69, 9.17) is 0 Å². The van der Waals surface area contributed by atoms with Crippen molar-refractivity contribution in [2.75, 3.05) is 13.1 Å². The topological polar surface area (TPSA) is 19.0 Å². The fourth-order valence-corrected chi connectivity index (χ4v) is 2.91. The number of hydrogen-bond donors (Lipinski definition) is 1. The fourth-order valence-electron chi connectivity index (χ4n) is 2.91. The van der Waals surface area contributed by atoms with Crippen molar-refractivity contribution in [1.82, 2.24) is 9.88 Å². The summed E-state index contributed by atoms with van der Waals surface area (Å²) in [5, 5.41) is 1.38. The summed E-state index contributed by atoms with van der Waals surface area (Å²) in [6.45, 7) is 9.44. The number of para-hydroxylation sites is 1. The molecule has 0 saturated heterocycles. The van der Waals surface area contributed by atoms with E-state index in [2.05, 4.69) is 61.1 Å². The SMILES string of the molecule is CC(C)(C)N(CCc1c[nH]c2ccccc12)CC1CC1. The molecule has 0 radical (unpaired) electrons. The van der Waals surface area contributed by atoms with Gasteiger partial charge in [0.15, 0.2) is 0 Å². The fraction of sp³-hybridized carbons (Fsp3) is 0.556. The van der Waals surface area contributed by atoms with Gasteiger partial charge in [-0.15, -0.1) is 0 Å². The van der Waals surface area contributed by atoms with Crippen molar-refractivity contribution in [3.05, 3.63) is 36.0 Å². The Labute approximate surface area is 122 Å². The van der Waals surface area contributed by atoms with Crippen molar-refractivity contribution >= 4 is 10.9 Å². The standard InChI is InChI=1S/C18H26N2/c1-18(2,3)20(13-14-8-9-14)11-10-15-12-19-17-7-5-4-6-16(15)17/h4-7,12,14,19H,8-11,13H2,1-3H3. The smallest absolute Gasteiger partial charge is 0.0456 e. The third-order valence-corrected chi connectivity index (χ3v) is 4.45. The van der Waals surface area contributed by atoms with E-state index < -0.39 is 0 Å². The Kier molecular flexibility index (Phi) is 3.59. The van der Waals surface area contributed by atoms with Gasteiger partial charge in [-0.1, -0.05) is 18.2 Å². The minimum Gasteiger partial charge on any atom is -0.361 e. The maximum Gasteiger partial charge on any atom is 0.0456 e. The molecule has 1 aromatic heterocycles. The van der Waals surface area contributed by atoms with Crippen LogP contribution in [0, 0.1) is 5.92 Å². The zero-order chi connectivity index (χ0) is 14.2. The average molecular weight is 270 g/mol. The highest BCUT2D eigenvalue weighted by Gasteiger charge is 2.29. The third-order valence-electron chi connectivity index (χ3n) is 4.45. The van der Waals surface area contributed by atoms with Gasteiger partial charge in [0.1, 0.15) is 0 Å². The highest BCUT2D eigenvalue weighted by molar-refractivity contribution is 5.83. The summed E-state index contributed by atoms with van der Waals surface area (Å²) in [7, 11) is 0. The predicted octanol–water partition coefficient (Wildman–Crippen LogP) is 4.22. The molecule has 0 aliphatic heterocycles. The van der Waals surface area contributed by atoms with E-state index in [1.54, 1.807) is 0 Å². The van der Waals surface area contributed by atoms with E-state index in [1.165, 1.54) is 35.9 Å². The van der Waals surface area contributed by atoms with E-state index in [1.807, 2.05) is 0 Å². The summed E-state index contributed by atoms with van der Waals surface area (Å²) < 4.78 is 0. The maximum absolute atomic E-state index is 3.39. The highest BCUT2D eigenvalue weighted by Crippen LogP contribution is 2.32. The highest BCUT2D eigenvalue weighted by atomic mass is 15.2. The zero-order valence-corrected chi connectivity index (χ0v) is 12.9. The lowest BCUT2D eigenvalue weighted by Gasteiger charge is -2.35. The first-order valence-corrected chi connectivity index (χ1v) is 7.84. The monoisotopic (exact) mass is 270 g/mol. The molecule has 0 unspecified atom stereocenters. The van der Waals surface area contributed by atoms with Gasteiger partial charge in [-0.2, -0.15) is 0 Å². The second kappa shape index (κ2) is 5.25. The van der Waals surface area contributed by atoms with Crippen molar-refractivity contribution in [1.29, 1.82) is 0 Å². The van der Waals surface area contributed by atoms with Crippen LogP contribution in [0.3, 0.4) is 0 Å². The van der Waals surface area contributed by atoms with Gasteiger partial charge in [0.2, 0.25) is 0 Å². The van der Waals surface area contributed by atoms with Crippen molar-refractivity contribution in [2.24, 2.45) is 5.92 Å². The Morgan fingerprint density at radius 1 is 1.20 bits per heavy atom.